The van der Waals surface area contributed by atoms with Gasteiger partial charge in [-0.05, 0) is 114 Å². The molecule has 0 bridgehead atoms. The molecule has 5 rings (SSSR count). The Morgan fingerprint density at radius 1 is 0.529 bits per heavy atom. The van der Waals surface area contributed by atoms with E-state index in [9.17, 15) is 0 Å². The van der Waals surface area contributed by atoms with Gasteiger partial charge in [0.2, 0.25) is 0 Å². The van der Waals surface area contributed by atoms with Gasteiger partial charge in [-0.15, -0.1) is 5.54 Å². The third kappa shape index (κ3) is 3.62. The van der Waals surface area contributed by atoms with Crippen LogP contribution in [0.3, 0.4) is 0 Å². The Morgan fingerprint density at radius 3 is 1.44 bits per heavy atom. The van der Waals surface area contributed by atoms with Gasteiger partial charge in [-0.2, -0.15) is 0 Å². The molecule has 0 aliphatic heterocycles. The van der Waals surface area contributed by atoms with E-state index in [1.54, 1.807) is 0 Å². The normalized spacial score (nSPS) is 12.0. The number of hydrogen-bond acceptors (Lipinski definition) is 0. The van der Waals surface area contributed by atoms with E-state index in [0.717, 1.165) is 10.2 Å². The monoisotopic (exact) mass is 458 g/mol. The van der Waals surface area contributed by atoms with Gasteiger partial charge in [-0.1, -0.05) is 71.7 Å². The molecular weight excluding hydrogens is 424 g/mol. The van der Waals surface area contributed by atoms with Crippen LogP contribution in [0.4, 0.5) is 0 Å². The molecular formula is C33H34Si. The first-order valence-corrected chi connectivity index (χ1v) is 13.6. The molecule has 0 saturated carbocycles. The maximum absolute atomic E-state index is 3.60. The highest BCUT2D eigenvalue weighted by molar-refractivity contribution is 6.22. The Bertz CT molecular complexity index is 1640. The van der Waals surface area contributed by atoms with E-state index in [2.05, 4.69) is 114 Å². The van der Waals surface area contributed by atoms with Gasteiger partial charge in [0.05, 0.1) is 10.2 Å². The third-order valence-corrected chi connectivity index (χ3v) is 7.44. The maximum Gasteiger partial charge on any atom is 0.0911 e. The van der Waals surface area contributed by atoms with Crippen LogP contribution in [0.1, 0.15) is 81.5 Å². The number of hydrogen-bond donors (Lipinski definition) is 0. The lowest BCUT2D eigenvalue weighted by Crippen LogP contribution is -2.09. The molecule has 0 atom stereocenters. The quantitative estimate of drug-likeness (QED) is 0.145. The van der Waals surface area contributed by atoms with Crippen molar-refractivity contribution in [3.05, 3.63) is 82.9 Å². The molecule has 0 aliphatic carbocycles. The lowest BCUT2D eigenvalue weighted by Gasteiger charge is -2.27. The van der Waals surface area contributed by atoms with Gasteiger partial charge in [0.15, 0.2) is 0 Å². The van der Waals surface area contributed by atoms with Crippen molar-refractivity contribution in [2.75, 3.05) is 0 Å². The molecule has 5 aromatic carbocycles. The van der Waals surface area contributed by atoms with Gasteiger partial charge >= 0.3 is 0 Å². The van der Waals surface area contributed by atoms with Crippen molar-refractivity contribution in [3.63, 3.8) is 0 Å². The molecule has 1 heteroatoms. The fraction of sp³-hybridized carbons (Fsp3) is 0.273. The summed E-state index contributed by atoms with van der Waals surface area (Å²) in [6.45, 7) is 14.0. The summed E-state index contributed by atoms with van der Waals surface area (Å²) in [4.78, 5) is 0. The molecule has 0 amide bonds. The molecule has 34 heavy (non-hydrogen) atoms. The van der Waals surface area contributed by atoms with Crippen molar-refractivity contribution in [3.8, 4) is 11.5 Å². The summed E-state index contributed by atoms with van der Waals surface area (Å²) in [6, 6.07) is 22.9. The lowest BCUT2D eigenvalue weighted by molar-refractivity contribution is 0.753. The van der Waals surface area contributed by atoms with E-state index in [0.29, 0.717) is 17.8 Å². The molecule has 0 nitrogen and oxygen atoms in total. The minimum absolute atomic E-state index is 0.440. The summed E-state index contributed by atoms with van der Waals surface area (Å²) < 4.78 is 0. The second-order valence-electron chi connectivity index (χ2n) is 10.6. The van der Waals surface area contributed by atoms with Crippen molar-refractivity contribution in [2.45, 2.75) is 59.3 Å². The topological polar surface area (TPSA) is 0 Å². The number of fused-ring (bicyclic) bond motifs is 4. The van der Waals surface area contributed by atoms with Crippen LogP contribution in [0.5, 0.6) is 0 Å². The minimum atomic E-state index is 0.440. The summed E-state index contributed by atoms with van der Waals surface area (Å²) in [5.41, 5.74) is 9.11. The molecule has 0 aromatic heterocycles. The van der Waals surface area contributed by atoms with Crippen LogP contribution < -0.4 is 0 Å². The summed E-state index contributed by atoms with van der Waals surface area (Å²) >= 11 is 0. The maximum atomic E-state index is 3.60. The average Bonchev–Trinajstić information content (AvgIpc) is 2.79. The zero-order valence-corrected chi connectivity index (χ0v) is 23.5. The van der Waals surface area contributed by atoms with Gasteiger partial charge in [-0.25, -0.2) is 0 Å². The third-order valence-electron chi connectivity index (χ3n) is 7.19. The van der Waals surface area contributed by atoms with E-state index in [-0.39, 0.29) is 0 Å². The predicted molar refractivity (Wildman–Crippen MR) is 156 cm³/mol. The Balaban J connectivity index is 1.98. The molecule has 0 heterocycles. The second kappa shape index (κ2) is 8.61. The molecule has 0 spiro atoms. The van der Waals surface area contributed by atoms with Crippen LogP contribution in [0.25, 0.3) is 43.1 Å². The molecule has 0 aliphatic rings. The van der Waals surface area contributed by atoms with Crippen LogP contribution in [-0.4, -0.2) is 10.2 Å². The van der Waals surface area contributed by atoms with E-state index in [1.807, 2.05) is 0 Å². The summed E-state index contributed by atoms with van der Waals surface area (Å²) in [5, 5.41) is 10.5. The van der Waals surface area contributed by atoms with Gasteiger partial charge < -0.3 is 0 Å². The van der Waals surface area contributed by atoms with Crippen molar-refractivity contribution < 1.29 is 0 Å². The minimum Gasteiger partial charge on any atom is -0.138 e. The average molecular weight is 459 g/mol. The van der Waals surface area contributed by atoms with E-state index >= 15 is 0 Å². The summed E-state index contributed by atoms with van der Waals surface area (Å²) in [7, 11) is 0.886. The van der Waals surface area contributed by atoms with Crippen LogP contribution in [-0.2, 0) is 0 Å². The SMILES string of the molecule is CC(C)c1c(C(C)C)c(C(C)C)c2cc3cc4cc5ccccc5cc4cc3cc2c1C#C[SiH3]. The van der Waals surface area contributed by atoms with Crippen molar-refractivity contribution >= 4 is 53.3 Å². The largest absolute Gasteiger partial charge is 0.138 e. The first kappa shape index (κ1) is 22.7. The zero-order chi connectivity index (χ0) is 24.1. The standard InChI is InChI=1S/C33H34Si/c1-19(2)31-28(11-12-34)29-17-26-15-24-13-22-9-7-8-10-23(22)14-25(24)16-27(26)18-30(29)32(20(3)4)33(31)21(5)6/h7-10,13-21H,1-6,34H3. The second-order valence-corrected chi connectivity index (χ2v) is 11.1. The molecule has 0 radical (unpaired) electrons. The van der Waals surface area contributed by atoms with Gasteiger partial charge in [0.1, 0.15) is 0 Å². The predicted octanol–water partition coefficient (Wildman–Crippen LogP) is 8.34. The Labute approximate surface area is 206 Å². The van der Waals surface area contributed by atoms with Crippen LogP contribution in [0.2, 0.25) is 0 Å². The highest BCUT2D eigenvalue weighted by Crippen LogP contribution is 2.43. The van der Waals surface area contributed by atoms with E-state index < -0.39 is 0 Å². The molecule has 0 N–H and O–H groups in total. The number of benzene rings is 5. The Morgan fingerprint density at radius 2 is 0.971 bits per heavy atom. The highest BCUT2D eigenvalue weighted by Gasteiger charge is 2.24. The molecule has 170 valence electrons. The first-order chi connectivity index (χ1) is 16.3. The molecule has 0 fully saturated rings. The first-order valence-electron chi connectivity index (χ1n) is 12.6. The summed E-state index contributed by atoms with van der Waals surface area (Å²) in [5.74, 6) is 4.96. The van der Waals surface area contributed by atoms with Crippen LogP contribution in [0, 0.1) is 11.5 Å². The molecule has 5 aromatic rings. The van der Waals surface area contributed by atoms with Crippen LogP contribution in [0.15, 0.2) is 60.7 Å². The van der Waals surface area contributed by atoms with Crippen molar-refractivity contribution in [2.24, 2.45) is 0 Å². The lowest BCUT2D eigenvalue weighted by atomic mass is 9.77. The zero-order valence-electron chi connectivity index (χ0n) is 21.5. The van der Waals surface area contributed by atoms with Crippen molar-refractivity contribution in [1.82, 2.24) is 0 Å². The van der Waals surface area contributed by atoms with E-state index in [1.165, 1.54) is 65.3 Å². The highest BCUT2D eigenvalue weighted by atomic mass is 28.1. The van der Waals surface area contributed by atoms with Crippen LogP contribution >= 0.6 is 0 Å². The Hall–Kier alpha value is -3.08. The van der Waals surface area contributed by atoms with E-state index in [4.69, 9.17) is 0 Å². The molecule has 0 unspecified atom stereocenters. The number of rotatable bonds is 3. The van der Waals surface area contributed by atoms with Gasteiger partial charge in [-0.3, -0.25) is 0 Å². The smallest absolute Gasteiger partial charge is 0.0911 e. The van der Waals surface area contributed by atoms with Gasteiger partial charge in [0, 0.05) is 5.56 Å². The molecule has 0 saturated heterocycles. The Kier molecular flexibility index (Phi) is 5.74. The fourth-order valence-corrected chi connectivity index (χ4v) is 6.10. The van der Waals surface area contributed by atoms with Crippen molar-refractivity contribution in [1.29, 1.82) is 0 Å². The van der Waals surface area contributed by atoms with Gasteiger partial charge in [0.25, 0.3) is 0 Å². The fourth-order valence-electron chi connectivity index (χ4n) is 5.85. The summed E-state index contributed by atoms with van der Waals surface area (Å²) in [6.07, 6.45) is 0.